The molecule has 3 aliphatic rings. The van der Waals surface area contributed by atoms with Gasteiger partial charge >= 0.3 is 0 Å². The zero-order chi connectivity index (χ0) is 17.7. The van der Waals surface area contributed by atoms with Gasteiger partial charge in [-0.3, -0.25) is 0 Å². The monoisotopic (exact) mass is 348 g/mol. The van der Waals surface area contributed by atoms with E-state index in [0.717, 1.165) is 33.7 Å². The first kappa shape index (κ1) is 15.1. The number of hydrogen-bond acceptors (Lipinski definition) is 5. The van der Waals surface area contributed by atoms with E-state index in [1.807, 2.05) is 18.3 Å². The maximum absolute atomic E-state index is 14.2. The Balaban J connectivity index is 1.60. The SMILES string of the molecule is COc1ccc(C2CNC3=C4C(=CNC42)C=Cc2ccnnc23)cc1F. The number of benzene rings is 1. The van der Waals surface area contributed by atoms with Crippen molar-refractivity contribution in [1.29, 1.82) is 0 Å². The van der Waals surface area contributed by atoms with Crippen molar-refractivity contribution in [2.45, 2.75) is 12.0 Å². The van der Waals surface area contributed by atoms with E-state index in [1.54, 1.807) is 18.3 Å². The number of nitrogens with one attached hydrogen (secondary N) is 2. The molecule has 130 valence electrons. The summed E-state index contributed by atoms with van der Waals surface area (Å²) in [6, 6.07) is 7.21. The average Bonchev–Trinajstić information content (AvgIpc) is 3.02. The maximum Gasteiger partial charge on any atom is 0.165 e. The summed E-state index contributed by atoms with van der Waals surface area (Å²) in [5, 5.41) is 15.4. The van der Waals surface area contributed by atoms with Gasteiger partial charge in [0, 0.05) is 29.8 Å². The van der Waals surface area contributed by atoms with Gasteiger partial charge in [0.15, 0.2) is 11.6 Å². The first-order valence-electron chi connectivity index (χ1n) is 8.54. The molecule has 2 atom stereocenters. The van der Waals surface area contributed by atoms with Crippen LogP contribution in [0.5, 0.6) is 5.75 Å². The van der Waals surface area contributed by atoms with Gasteiger partial charge in [-0.25, -0.2) is 4.39 Å². The molecule has 3 heterocycles. The molecule has 2 aliphatic heterocycles. The number of aromatic nitrogens is 2. The van der Waals surface area contributed by atoms with Crippen molar-refractivity contribution in [3.8, 4) is 5.75 Å². The van der Waals surface area contributed by atoms with Crippen LogP contribution in [0.4, 0.5) is 4.39 Å². The predicted octanol–water partition coefficient (Wildman–Crippen LogP) is 2.60. The molecule has 0 spiro atoms. The molecule has 1 aromatic heterocycles. The lowest BCUT2D eigenvalue weighted by Crippen LogP contribution is -2.41. The first-order chi connectivity index (χ1) is 12.8. The largest absolute Gasteiger partial charge is 0.494 e. The van der Waals surface area contributed by atoms with Crippen LogP contribution in [0, 0.1) is 5.82 Å². The number of ether oxygens (including phenoxy) is 1. The molecular weight excluding hydrogens is 331 g/mol. The molecule has 2 N–H and O–H groups in total. The van der Waals surface area contributed by atoms with E-state index in [2.05, 4.69) is 33.0 Å². The van der Waals surface area contributed by atoms with E-state index in [0.29, 0.717) is 6.54 Å². The Bertz CT molecular complexity index is 995. The zero-order valence-corrected chi connectivity index (χ0v) is 14.2. The van der Waals surface area contributed by atoms with Gasteiger partial charge in [-0.1, -0.05) is 18.2 Å². The van der Waals surface area contributed by atoms with Crippen LogP contribution >= 0.6 is 0 Å². The lowest BCUT2D eigenvalue weighted by Gasteiger charge is -2.34. The van der Waals surface area contributed by atoms with E-state index in [-0.39, 0.29) is 23.5 Å². The van der Waals surface area contributed by atoms with Gasteiger partial charge < -0.3 is 15.4 Å². The molecule has 5 rings (SSSR count). The fraction of sp³-hybridized carbons (Fsp3) is 0.200. The van der Waals surface area contributed by atoms with E-state index in [9.17, 15) is 4.39 Å². The van der Waals surface area contributed by atoms with Gasteiger partial charge in [-0.05, 0) is 29.3 Å². The first-order valence-corrected chi connectivity index (χ1v) is 8.54. The third kappa shape index (κ3) is 2.15. The van der Waals surface area contributed by atoms with Gasteiger partial charge in [-0.15, -0.1) is 5.10 Å². The molecule has 5 nitrogen and oxygen atoms in total. The Kier molecular flexibility index (Phi) is 3.31. The smallest absolute Gasteiger partial charge is 0.165 e. The van der Waals surface area contributed by atoms with Gasteiger partial charge in [0.1, 0.15) is 5.69 Å². The molecule has 0 saturated heterocycles. The standard InChI is InChI=1S/C20H17FN4O/c1-26-16-5-4-12(8-15(16)21)14-10-23-20-17-13(9-22-19(14)17)3-2-11-6-7-24-25-18(11)20/h2-9,14,19,22-23H,10H2,1H3. The van der Waals surface area contributed by atoms with E-state index < -0.39 is 0 Å². The van der Waals surface area contributed by atoms with Gasteiger partial charge in [-0.2, -0.15) is 5.10 Å². The Morgan fingerprint density at radius 1 is 1.23 bits per heavy atom. The third-order valence-corrected chi connectivity index (χ3v) is 5.25. The normalized spacial score (nSPS) is 22.6. The van der Waals surface area contributed by atoms with Crippen LogP contribution in [-0.4, -0.2) is 29.9 Å². The van der Waals surface area contributed by atoms with Crippen LogP contribution in [0.3, 0.4) is 0 Å². The summed E-state index contributed by atoms with van der Waals surface area (Å²) in [7, 11) is 1.47. The summed E-state index contributed by atoms with van der Waals surface area (Å²) >= 11 is 0. The number of methoxy groups -OCH3 is 1. The minimum absolute atomic E-state index is 0.0617. The number of fused-ring (bicyclic) bond motifs is 2. The number of hydrogen-bond donors (Lipinski definition) is 2. The molecule has 2 unspecified atom stereocenters. The molecule has 0 radical (unpaired) electrons. The molecular formula is C20H17FN4O. The highest BCUT2D eigenvalue weighted by atomic mass is 19.1. The quantitative estimate of drug-likeness (QED) is 0.874. The Morgan fingerprint density at radius 3 is 3.00 bits per heavy atom. The van der Waals surface area contributed by atoms with Crippen molar-refractivity contribution in [1.82, 2.24) is 20.8 Å². The van der Waals surface area contributed by atoms with Crippen LogP contribution in [0.2, 0.25) is 0 Å². The minimum Gasteiger partial charge on any atom is -0.494 e. The highest BCUT2D eigenvalue weighted by Gasteiger charge is 2.38. The van der Waals surface area contributed by atoms with Gasteiger partial charge in [0.05, 0.1) is 25.0 Å². The van der Waals surface area contributed by atoms with Crippen molar-refractivity contribution in [3.05, 3.63) is 76.5 Å². The summed E-state index contributed by atoms with van der Waals surface area (Å²) in [4.78, 5) is 0. The summed E-state index contributed by atoms with van der Waals surface area (Å²) in [5.41, 5.74) is 6.11. The van der Waals surface area contributed by atoms with Crippen molar-refractivity contribution < 1.29 is 9.13 Å². The highest BCUT2D eigenvalue weighted by Crippen LogP contribution is 2.41. The predicted molar refractivity (Wildman–Crippen MR) is 96.7 cm³/mol. The minimum atomic E-state index is -0.340. The zero-order valence-electron chi connectivity index (χ0n) is 14.2. The van der Waals surface area contributed by atoms with E-state index in [4.69, 9.17) is 4.74 Å². The van der Waals surface area contributed by atoms with Crippen molar-refractivity contribution in [3.63, 3.8) is 0 Å². The van der Waals surface area contributed by atoms with Gasteiger partial charge in [0.2, 0.25) is 0 Å². The molecule has 0 saturated carbocycles. The van der Waals surface area contributed by atoms with Crippen LogP contribution in [0.1, 0.15) is 22.7 Å². The molecule has 1 aliphatic carbocycles. The fourth-order valence-electron chi connectivity index (χ4n) is 3.98. The van der Waals surface area contributed by atoms with Crippen LogP contribution in [0.15, 0.2) is 53.9 Å². The Morgan fingerprint density at radius 2 is 2.15 bits per heavy atom. The molecule has 0 fully saturated rings. The Hall–Kier alpha value is -3.15. The molecule has 26 heavy (non-hydrogen) atoms. The maximum atomic E-state index is 14.2. The van der Waals surface area contributed by atoms with Crippen molar-refractivity contribution >= 4 is 11.8 Å². The second-order valence-corrected chi connectivity index (χ2v) is 6.58. The van der Waals surface area contributed by atoms with Crippen molar-refractivity contribution in [2.24, 2.45) is 0 Å². The number of allylic oxidation sites excluding steroid dienone is 1. The summed E-state index contributed by atoms with van der Waals surface area (Å²) in [5.74, 6) is 0.0136. The summed E-state index contributed by atoms with van der Waals surface area (Å²) in [6.07, 6.45) is 7.87. The lowest BCUT2D eigenvalue weighted by atomic mass is 9.82. The molecule has 1 aromatic carbocycles. The number of nitrogens with zero attached hydrogens (tertiary/aromatic N) is 2. The summed E-state index contributed by atoms with van der Waals surface area (Å²) in [6.45, 7) is 0.680. The van der Waals surface area contributed by atoms with E-state index >= 15 is 0 Å². The molecule has 0 bridgehead atoms. The van der Waals surface area contributed by atoms with E-state index in [1.165, 1.54) is 7.11 Å². The second kappa shape index (κ2) is 5.69. The van der Waals surface area contributed by atoms with Crippen LogP contribution in [0.25, 0.3) is 11.8 Å². The highest BCUT2D eigenvalue weighted by molar-refractivity contribution is 5.83. The number of rotatable bonds is 2. The topological polar surface area (TPSA) is 59.1 Å². The summed E-state index contributed by atoms with van der Waals surface area (Å²) < 4.78 is 19.3. The van der Waals surface area contributed by atoms with Crippen LogP contribution < -0.4 is 15.4 Å². The molecule has 6 heteroatoms. The lowest BCUT2D eigenvalue weighted by molar-refractivity contribution is 0.385. The molecule has 2 aromatic rings. The van der Waals surface area contributed by atoms with Crippen LogP contribution in [-0.2, 0) is 0 Å². The molecule has 0 amide bonds. The average molecular weight is 348 g/mol. The fourth-order valence-corrected chi connectivity index (χ4v) is 3.98. The number of halogens is 1. The van der Waals surface area contributed by atoms with Gasteiger partial charge in [0.25, 0.3) is 0 Å². The second-order valence-electron chi connectivity index (χ2n) is 6.58. The Labute approximate surface area is 150 Å². The third-order valence-electron chi connectivity index (χ3n) is 5.25. The van der Waals surface area contributed by atoms with Crippen molar-refractivity contribution in [2.75, 3.05) is 13.7 Å².